The summed E-state index contributed by atoms with van der Waals surface area (Å²) in [6, 6.07) is 48.0. The third kappa shape index (κ3) is 5.09. The van der Waals surface area contributed by atoms with E-state index in [2.05, 4.69) is 152 Å². The van der Waals surface area contributed by atoms with Crippen LogP contribution in [0.15, 0.2) is 133 Å². The summed E-state index contributed by atoms with van der Waals surface area (Å²) >= 11 is 1.85. The van der Waals surface area contributed by atoms with Gasteiger partial charge in [0.15, 0.2) is 0 Å². The third-order valence-corrected chi connectivity index (χ3v) is 8.11. The van der Waals surface area contributed by atoms with Crippen molar-refractivity contribution in [3.63, 3.8) is 0 Å². The van der Waals surface area contributed by atoms with Crippen LogP contribution >= 0.6 is 11.3 Å². The predicted molar refractivity (Wildman–Crippen MR) is 158 cm³/mol. The third-order valence-electron chi connectivity index (χ3n) is 7.00. The molecule has 0 atom stereocenters. The minimum atomic E-state index is 0. The van der Waals surface area contributed by atoms with Gasteiger partial charge >= 0.3 is 0 Å². The molecule has 3 heteroatoms. The standard InChI is InChI=1S/C35H28NS.HI/c1-25-36(2)32-23-22-31(24-33(32)37-25)26-18-20-30(21-19-26)35(29-16-10-5-11-17-29)34(27-12-6-3-7-13-27)28-14-8-4-9-15-28;/h3-24H,1-2H3;1H/q+1;/p-1. The maximum atomic E-state index is 2.31. The highest BCUT2D eigenvalue weighted by Crippen LogP contribution is 2.37. The zero-order chi connectivity index (χ0) is 25.2. The van der Waals surface area contributed by atoms with Gasteiger partial charge in [-0.25, -0.2) is 0 Å². The Kier molecular flexibility index (Phi) is 7.87. The van der Waals surface area contributed by atoms with Crippen LogP contribution in [0.4, 0.5) is 0 Å². The van der Waals surface area contributed by atoms with E-state index in [9.17, 15) is 0 Å². The van der Waals surface area contributed by atoms with Crippen molar-refractivity contribution < 1.29 is 28.5 Å². The van der Waals surface area contributed by atoms with E-state index in [-0.39, 0.29) is 24.0 Å². The first-order valence-electron chi connectivity index (χ1n) is 12.6. The summed E-state index contributed by atoms with van der Waals surface area (Å²) in [5.74, 6) is 0. The van der Waals surface area contributed by atoms with Gasteiger partial charge in [-0.2, -0.15) is 4.57 Å². The van der Waals surface area contributed by atoms with E-state index in [1.54, 1.807) is 0 Å². The number of fused-ring (bicyclic) bond motifs is 1. The molecular weight excluding hydrogens is 593 g/mol. The summed E-state index contributed by atoms with van der Waals surface area (Å²) in [5.41, 5.74) is 11.1. The molecule has 1 nitrogen and oxygen atoms in total. The highest BCUT2D eigenvalue weighted by molar-refractivity contribution is 7.18. The summed E-state index contributed by atoms with van der Waals surface area (Å²) < 4.78 is 3.58. The van der Waals surface area contributed by atoms with E-state index < -0.39 is 0 Å². The molecule has 0 aliphatic rings. The molecular formula is C35H28INS. The number of rotatable bonds is 5. The van der Waals surface area contributed by atoms with Gasteiger partial charge in [0.25, 0.3) is 0 Å². The molecule has 0 radical (unpaired) electrons. The van der Waals surface area contributed by atoms with Gasteiger partial charge in [0, 0.05) is 13.0 Å². The van der Waals surface area contributed by atoms with Crippen LogP contribution in [0.1, 0.15) is 27.3 Å². The van der Waals surface area contributed by atoms with Crippen LogP contribution in [0.25, 0.3) is 32.5 Å². The van der Waals surface area contributed by atoms with E-state index in [1.165, 1.54) is 59.8 Å². The van der Waals surface area contributed by atoms with Crippen LogP contribution in [0.5, 0.6) is 0 Å². The SMILES string of the molecule is Cc1sc2cc(-c3ccc(C(=C(c4ccccc4)c4ccccc4)c4ccccc4)cc3)ccc2[n+]1C.[I-]. The molecule has 0 saturated heterocycles. The first-order chi connectivity index (χ1) is 18.2. The Balaban J connectivity index is 0.00000294. The van der Waals surface area contributed by atoms with Crippen LogP contribution in [0, 0.1) is 6.92 Å². The maximum Gasteiger partial charge on any atom is 0.234 e. The average molecular weight is 622 g/mol. The molecule has 6 aromatic rings. The second kappa shape index (κ2) is 11.5. The van der Waals surface area contributed by atoms with Crippen molar-refractivity contribution >= 4 is 32.7 Å². The number of aryl methyl sites for hydroxylation is 2. The molecule has 0 amide bonds. The van der Waals surface area contributed by atoms with E-state index in [1.807, 2.05) is 11.3 Å². The summed E-state index contributed by atoms with van der Waals surface area (Å²) in [6.45, 7) is 2.17. The van der Waals surface area contributed by atoms with Crippen LogP contribution in [-0.2, 0) is 7.05 Å². The van der Waals surface area contributed by atoms with Crippen molar-refractivity contribution in [2.24, 2.45) is 7.05 Å². The molecule has 0 fully saturated rings. The number of aromatic nitrogens is 1. The molecule has 5 aromatic carbocycles. The smallest absolute Gasteiger partial charge is 0.234 e. The first kappa shape index (κ1) is 26.1. The number of nitrogens with zero attached hydrogens (tertiary/aromatic N) is 1. The second-order valence-electron chi connectivity index (χ2n) is 9.29. The Bertz CT molecular complexity index is 1660. The van der Waals surface area contributed by atoms with Crippen LogP contribution in [-0.4, -0.2) is 0 Å². The van der Waals surface area contributed by atoms with Gasteiger partial charge in [-0.3, -0.25) is 0 Å². The summed E-state index contributed by atoms with van der Waals surface area (Å²) in [7, 11) is 2.14. The van der Waals surface area contributed by atoms with Crippen molar-refractivity contribution in [3.8, 4) is 11.1 Å². The number of thiazole rings is 1. The fraction of sp³-hybridized carbons (Fsp3) is 0.0571. The lowest BCUT2D eigenvalue weighted by molar-refractivity contribution is -0.646. The molecule has 6 rings (SSSR count). The summed E-state index contributed by atoms with van der Waals surface area (Å²) in [6.07, 6.45) is 0. The quantitative estimate of drug-likeness (QED) is 0.132. The van der Waals surface area contributed by atoms with Gasteiger partial charge in [0.05, 0.1) is 0 Å². The summed E-state index contributed by atoms with van der Waals surface area (Å²) in [4.78, 5) is 0. The molecule has 0 bridgehead atoms. The monoisotopic (exact) mass is 621 g/mol. The summed E-state index contributed by atoms with van der Waals surface area (Å²) in [5, 5.41) is 1.31. The average Bonchev–Trinajstić information content (AvgIpc) is 3.25. The molecule has 0 aliphatic heterocycles. The van der Waals surface area contributed by atoms with Crippen molar-refractivity contribution in [2.75, 3.05) is 0 Å². The lowest BCUT2D eigenvalue weighted by atomic mass is 9.85. The van der Waals surface area contributed by atoms with Crippen molar-refractivity contribution in [1.82, 2.24) is 0 Å². The zero-order valence-corrected chi connectivity index (χ0v) is 24.4. The molecule has 0 saturated carbocycles. The Morgan fingerprint density at radius 2 is 0.947 bits per heavy atom. The largest absolute Gasteiger partial charge is 1.00 e. The van der Waals surface area contributed by atoms with E-state index in [0.717, 1.165) is 0 Å². The van der Waals surface area contributed by atoms with Gasteiger partial charge in [0.2, 0.25) is 10.5 Å². The van der Waals surface area contributed by atoms with Gasteiger partial charge < -0.3 is 24.0 Å². The molecule has 0 N–H and O–H groups in total. The molecule has 0 spiro atoms. The first-order valence-corrected chi connectivity index (χ1v) is 13.4. The number of hydrogen-bond acceptors (Lipinski definition) is 1. The minimum Gasteiger partial charge on any atom is -1.00 e. The van der Waals surface area contributed by atoms with Crippen molar-refractivity contribution in [1.29, 1.82) is 0 Å². The fourth-order valence-corrected chi connectivity index (χ4v) is 6.05. The van der Waals surface area contributed by atoms with Gasteiger partial charge in [-0.1, -0.05) is 127 Å². The normalized spacial score (nSPS) is 10.7. The van der Waals surface area contributed by atoms with E-state index in [0.29, 0.717) is 0 Å². The van der Waals surface area contributed by atoms with Crippen LogP contribution in [0.3, 0.4) is 0 Å². The van der Waals surface area contributed by atoms with Crippen LogP contribution < -0.4 is 28.5 Å². The van der Waals surface area contributed by atoms with Crippen molar-refractivity contribution in [3.05, 3.63) is 161 Å². The van der Waals surface area contributed by atoms with Gasteiger partial charge in [-0.15, -0.1) is 0 Å². The molecule has 38 heavy (non-hydrogen) atoms. The lowest BCUT2D eigenvalue weighted by Gasteiger charge is -2.18. The highest BCUT2D eigenvalue weighted by Gasteiger charge is 2.17. The molecule has 0 unspecified atom stereocenters. The Hall–Kier alpha value is -3.54. The number of hydrogen-bond donors (Lipinski definition) is 0. The lowest BCUT2D eigenvalue weighted by Crippen LogP contribution is -3.00. The van der Waals surface area contributed by atoms with E-state index >= 15 is 0 Å². The van der Waals surface area contributed by atoms with E-state index in [4.69, 9.17) is 0 Å². The fourth-order valence-electron chi connectivity index (χ4n) is 5.00. The van der Waals surface area contributed by atoms with Gasteiger partial charge in [-0.05, 0) is 56.7 Å². The molecule has 1 heterocycles. The molecule has 1 aromatic heterocycles. The predicted octanol–water partition coefficient (Wildman–Crippen LogP) is 5.71. The number of halogens is 1. The minimum absolute atomic E-state index is 0. The van der Waals surface area contributed by atoms with Crippen LogP contribution in [0.2, 0.25) is 0 Å². The Labute approximate surface area is 245 Å². The van der Waals surface area contributed by atoms with Crippen molar-refractivity contribution in [2.45, 2.75) is 6.92 Å². The zero-order valence-electron chi connectivity index (χ0n) is 21.4. The number of benzene rings is 5. The Morgan fingerprint density at radius 1 is 0.526 bits per heavy atom. The molecule has 0 aliphatic carbocycles. The molecule has 186 valence electrons. The maximum absolute atomic E-state index is 2.31. The Morgan fingerprint density at radius 3 is 1.42 bits per heavy atom. The second-order valence-corrected chi connectivity index (χ2v) is 10.5. The topological polar surface area (TPSA) is 3.88 Å². The van der Waals surface area contributed by atoms with Gasteiger partial charge in [0.1, 0.15) is 11.7 Å². The highest BCUT2D eigenvalue weighted by atomic mass is 127.